The maximum Gasteiger partial charge on any atom is 0.187 e. The van der Waals surface area contributed by atoms with Crippen LogP contribution in [0.4, 0.5) is 0 Å². The van der Waals surface area contributed by atoms with Gasteiger partial charge in [0.15, 0.2) is 6.29 Å². The van der Waals surface area contributed by atoms with Crippen LogP contribution in [0.15, 0.2) is 0 Å². The number of ether oxygens (including phenoxy) is 3. The van der Waals surface area contributed by atoms with E-state index in [2.05, 4.69) is 0 Å². The summed E-state index contributed by atoms with van der Waals surface area (Å²) in [5.74, 6) is 0. The van der Waals surface area contributed by atoms with Crippen LogP contribution in [0.3, 0.4) is 0 Å². The van der Waals surface area contributed by atoms with Gasteiger partial charge in [-0.25, -0.2) is 0 Å². The SMILES string of the molecule is CCC(O)C(O)C(O[C@@H]1OC(CO)[C@H](O)C(O)C1O)C(CO)OC. The predicted molar refractivity (Wildman–Crippen MR) is 78.8 cm³/mol. The van der Waals surface area contributed by atoms with Crippen LogP contribution in [-0.4, -0.2) is 111 Å². The molecule has 0 amide bonds. The van der Waals surface area contributed by atoms with Gasteiger partial charge in [0, 0.05) is 7.11 Å². The van der Waals surface area contributed by atoms with E-state index in [1.165, 1.54) is 7.11 Å². The number of hydrogen-bond donors (Lipinski definition) is 7. The van der Waals surface area contributed by atoms with Gasteiger partial charge in [-0.3, -0.25) is 0 Å². The summed E-state index contributed by atoms with van der Waals surface area (Å²) in [5.41, 5.74) is 0. The van der Waals surface area contributed by atoms with Gasteiger partial charge in [-0.1, -0.05) is 6.92 Å². The van der Waals surface area contributed by atoms with Crippen molar-refractivity contribution in [3.05, 3.63) is 0 Å². The van der Waals surface area contributed by atoms with E-state index < -0.39 is 68.3 Å². The molecule has 0 bridgehead atoms. The van der Waals surface area contributed by atoms with Gasteiger partial charge in [0.05, 0.1) is 19.3 Å². The Hall–Kier alpha value is -0.400. The maximum absolute atomic E-state index is 10.2. The van der Waals surface area contributed by atoms with Crippen molar-refractivity contribution in [1.82, 2.24) is 0 Å². The zero-order valence-corrected chi connectivity index (χ0v) is 13.7. The van der Waals surface area contributed by atoms with Gasteiger partial charge >= 0.3 is 0 Å². The van der Waals surface area contributed by atoms with E-state index >= 15 is 0 Å². The van der Waals surface area contributed by atoms with Gasteiger partial charge in [-0.15, -0.1) is 0 Å². The van der Waals surface area contributed by atoms with E-state index in [9.17, 15) is 30.6 Å². The van der Waals surface area contributed by atoms with Crippen molar-refractivity contribution < 1.29 is 50.0 Å². The molecule has 144 valence electrons. The molecular formula is C14H28O10. The van der Waals surface area contributed by atoms with Crippen LogP contribution in [0.25, 0.3) is 0 Å². The minimum absolute atomic E-state index is 0.192. The molecule has 10 heteroatoms. The normalized spacial score (nSPS) is 36.1. The van der Waals surface area contributed by atoms with Gasteiger partial charge in [0.2, 0.25) is 0 Å². The van der Waals surface area contributed by atoms with Crippen molar-refractivity contribution >= 4 is 0 Å². The average Bonchev–Trinajstić information content (AvgIpc) is 2.60. The van der Waals surface area contributed by atoms with Gasteiger partial charge in [-0.05, 0) is 6.42 Å². The molecular weight excluding hydrogens is 328 g/mol. The molecule has 1 heterocycles. The molecule has 24 heavy (non-hydrogen) atoms. The van der Waals surface area contributed by atoms with Gasteiger partial charge < -0.3 is 50.0 Å². The summed E-state index contributed by atoms with van der Waals surface area (Å²) < 4.78 is 15.6. The number of aliphatic hydroxyl groups is 7. The highest BCUT2D eigenvalue weighted by atomic mass is 16.7. The molecule has 10 nitrogen and oxygen atoms in total. The number of hydrogen-bond acceptors (Lipinski definition) is 10. The zero-order chi connectivity index (χ0) is 18.4. The molecule has 1 fully saturated rings. The molecule has 7 unspecified atom stereocenters. The van der Waals surface area contributed by atoms with Gasteiger partial charge in [0.25, 0.3) is 0 Å². The van der Waals surface area contributed by atoms with Crippen molar-refractivity contribution in [3.63, 3.8) is 0 Å². The first-order chi connectivity index (χ1) is 11.3. The topological polar surface area (TPSA) is 169 Å². The fourth-order valence-electron chi connectivity index (χ4n) is 2.50. The van der Waals surface area contributed by atoms with Crippen LogP contribution in [0.5, 0.6) is 0 Å². The van der Waals surface area contributed by atoms with E-state index in [0.717, 1.165) is 0 Å². The molecule has 0 saturated carbocycles. The van der Waals surface area contributed by atoms with Crippen molar-refractivity contribution in [1.29, 1.82) is 0 Å². The molecule has 7 N–H and O–H groups in total. The second-order valence-corrected chi connectivity index (χ2v) is 5.72. The minimum Gasteiger partial charge on any atom is -0.394 e. The summed E-state index contributed by atoms with van der Waals surface area (Å²) in [5, 5.41) is 68.0. The van der Waals surface area contributed by atoms with Crippen molar-refractivity contribution in [2.24, 2.45) is 0 Å². The Bertz CT molecular complexity index is 350. The van der Waals surface area contributed by atoms with Crippen LogP contribution >= 0.6 is 0 Å². The lowest BCUT2D eigenvalue weighted by Crippen LogP contribution is -2.61. The largest absolute Gasteiger partial charge is 0.394 e. The monoisotopic (exact) mass is 356 g/mol. The first-order valence-corrected chi connectivity index (χ1v) is 7.78. The molecule has 0 spiro atoms. The molecule has 0 aromatic heterocycles. The summed E-state index contributed by atoms with van der Waals surface area (Å²) in [6.07, 6.45) is -12.4. The molecule has 0 aromatic rings. The highest BCUT2D eigenvalue weighted by Gasteiger charge is 2.46. The summed E-state index contributed by atoms with van der Waals surface area (Å²) >= 11 is 0. The summed E-state index contributed by atoms with van der Waals surface area (Å²) in [4.78, 5) is 0. The van der Waals surface area contributed by atoms with Crippen molar-refractivity contribution in [2.75, 3.05) is 20.3 Å². The van der Waals surface area contributed by atoms with E-state index in [0.29, 0.717) is 0 Å². The Kier molecular flexibility index (Phi) is 8.95. The summed E-state index contributed by atoms with van der Waals surface area (Å²) in [6, 6.07) is 0. The number of rotatable bonds is 9. The third-order valence-electron chi connectivity index (χ3n) is 4.14. The lowest BCUT2D eigenvalue weighted by molar-refractivity contribution is -0.328. The van der Waals surface area contributed by atoms with E-state index in [1.54, 1.807) is 6.92 Å². The number of aliphatic hydroxyl groups excluding tert-OH is 7. The van der Waals surface area contributed by atoms with Crippen molar-refractivity contribution in [3.8, 4) is 0 Å². The fourth-order valence-corrected chi connectivity index (χ4v) is 2.50. The minimum atomic E-state index is -1.67. The standard InChI is InChI=1S/C14H28O10/c1-3-6(17)9(18)13(8(5-16)22-2)24-14-12(21)11(20)10(19)7(4-15)23-14/h6-21H,3-5H2,1-2H3/t6?,7?,8?,9?,10-,11?,12?,13?,14-/m0/s1. The Labute approximate surface area is 139 Å². The molecule has 0 aliphatic carbocycles. The average molecular weight is 356 g/mol. The number of methoxy groups -OCH3 is 1. The third kappa shape index (κ3) is 4.82. The second kappa shape index (κ2) is 9.92. The molecule has 0 radical (unpaired) electrons. The van der Waals surface area contributed by atoms with E-state index in [1.807, 2.05) is 0 Å². The molecule has 1 aliphatic heterocycles. The third-order valence-corrected chi connectivity index (χ3v) is 4.14. The van der Waals surface area contributed by atoms with E-state index in [4.69, 9.17) is 19.3 Å². The van der Waals surface area contributed by atoms with Crippen molar-refractivity contribution in [2.45, 2.75) is 68.5 Å². The zero-order valence-electron chi connectivity index (χ0n) is 13.7. The van der Waals surface area contributed by atoms with Crippen LogP contribution in [0, 0.1) is 0 Å². The quantitative estimate of drug-likeness (QED) is 0.218. The van der Waals surface area contributed by atoms with Gasteiger partial charge in [-0.2, -0.15) is 0 Å². The van der Waals surface area contributed by atoms with Crippen LogP contribution in [0.2, 0.25) is 0 Å². The molecule has 0 aromatic carbocycles. The Morgan fingerprint density at radius 3 is 2.12 bits per heavy atom. The van der Waals surface area contributed by atoms with Crippen LogP contribution in [-0.2, 0) is 14.2 Å². The Morgan fingerprint density at radius 1 is 1.04 bits per heavy atom. The predicted octanol–water partition coefficient (Wildman–Crippen LogP) is -3.69. The van der Waals surface area contributed by atoms with Gasteiger partial charge in [0.1, 0.15) is 42.7 Å². The van der Waals surface area contributed by atoms with Crippen LogP contribution in [0.1, 0.15) is 13.3 Å². The maximum atomic E-state index is 10.2. The molecule has 1 saturated heterocycles. The Balaban J connectivity index is 2.95. The van der Waals surface area contributed by atoms with Crippen LogP contribution < -0.4 is 0 Å². The lowest BCUT2D eigenvalue weighted by Gasteiger charge is -2.42. The Morgan fingerprint density at radius 2 is 1.67 bits per heavy atom. The fraction of sp³-hybridized carbons (Fsp3) is 1.00. The highest BCUT2D eigenvalue weighted by Crippen LogP contribution is 2.25. The highest BCUT2D eigenvalue weighted by molar-refractivity contribution is 4.91. The first-order valence-electron chi connectivity index (χ1n) is 7.78. The first kappa shape index (κ1) is 21.6. The molecule has 9 atom stereocenters. The van der Waals surface area contributed by atoms with E-state index in [-0.39, 0.29) is 6.42 Å². The smallest absolute Gasteiger partial charge is 0.187 e. The lowest BCUT2D eigenvalue weighted by atomic mass is 9.98. The second-order valence-electron chi connectivity index (χ2n) is 5.72. The molecule has 1 rings (SSSR count). The summed E-state index contributed by atoms with van der Waals surface area (Å²) in [7, 11) is 1.26. The molecule has 1 aliphatic rings. The summed E-state index contributed by atoms with van der Waals surface area (Å²) in [6.45, 7) is 0.439.